The van der Waals surface area contributed by atoms with Gasteiger partial charge in [0.05, 0.1) is 11.9 Å². The minimum Gasteiger partial charge on any atom is -0.375 e. The van der Waals surface area contributed by atoms with Crippen molar-refractivity contribution in [1.82, 2.24) is 4.72 Å². The number of methoxy groups -OCH3 is 1. The van der Waals surface area contributed by atoms with Gasteiger partial charge < -0.3 is 4.74 Å². The molecular formula is C17H20ClNO3S. The molecule has 0 fully saturated rings. The zero-order valence-electron chi connectivity index (χ0n) is 13.1. The summed E-state index contributed by atoms with van der Waals surface area (Å²) >= 11 is 6.14. The molecule has 4 nitrogen and oxygen atoms in total. The Morgan fingerprint density at radius 2 is 1.91 bits per heavy atom. The summed E-state index contributed by atoms with van der Waals surface area (Å²) in [6.45, 7) is 2.07. The third kappa shape index (κ3) is 5.32. The topological polar surface area (TPSA) is 55.4 Å². The third-order valence-electron chi connectivity index (χ3n) is 3.46. The highest BCUT2D eigenvalue weighted by Gasteiger charge is 2.18. The molecule has 0 radical (unpaired) electrons. The lowest BCUT2D eigenvalue weighted by molar-refractivity contribution is 0.107. The first kappa shape index (κ1) is 17.9. The van der Waals surface area contributed by atoms with E-state index in [1.165, 1.54) is 7.11 Å². The quantitative estimate of drug-likeness (QED) is 0.829. The molecule has 0 saturated carbocycles. The third-order valence-corrected chi connectivity index (χ3v) is 5.13. The van der Waals surface area contributed by atoms with Crippen LogP contribution in [0, 0.1) is 6.92 Å². The fourth-order valence-corrected chi connectivity index (χ4v) is 3.71. The van der Waals surface area contributed by atoms with E-state index in [0.717, 1.165) is 16.7 Å². The van der Waals surface area contributed by atoms with Crippen molar-refractivity contribution in [2.24, 2.45) is 0 Å². The maximum atomic E-state index is 12.2. The fraction of sp³-hybridized carbons (Fsp3) is 0.294. The molecule has 0 spiro atoms. The van der Waals surface area contributed by atoms with E-state index in [9.17, 15) is 8.42 Å². The Hall–Kier alpha value is -1.40. The second-order valence-electron chi connectivity index (χ2n) is 5.34. The lowest BCUT2D eigenvalue weighted by Crippen LogP contribution is -2.30. The van der Waals surface area contributed by atoms with Crippen LogP contribution < -0.4 is 4.72 Å². The lowest BCUT2D eigenvalue weighted by atomic mass is 10.1. The fourth-order valence-electron chi connectivity index (χ4n) is 2.33. The van der Waals surface area contributed by atoms with Crippen molar-refractivity contribution in [2.45, 2.75) is 18.8 Å². The van der Waals surface area contributed by atoms with Crippen molar-refractivity contribution >= 4 is 21.6 Å². The molecule has 6 heteroatoms. The standard InChI is InChI=1S/C17H20ClNO3S/c1-13-6-5-7-14(10-13)12-23(20,21)19-11-17(22-2)15-8-3-4-9-16(15)18/h3-10,17,19H,11-12H2,1-2H3. The summed E-state index contributed by atoms with van der Waals surface area (Å²) < 4.78 is 32.5. The second kappa shape index (κ2) is 7.93. The summed E-state index contributed by atoms with van der Waals surface area (Å²) in [4.78, 5) is 0. The van der Waals surface area contributed by atoms with Crippen molar-refractivity contribution in [3.63, 3.8) is 0 Å². The molecule has 23 heavy (non-hydrogen) atoms. The molecule has 2 rings (SSSR count). The predicted molar refractivity (Wildman–Crippen MR) is 93.0 cm³/mol. The van der Waals surface area contributed by atoms with Gasteiger partial charge in [-0.3, -0.25) is 0 Å². The van der Waals surface area contributed by atoms with Crippen molar-refractivity contribution in [2.75, 3.05) is 13.7 Å². The smallest absolute Gasteiger partial charge is 0.215 e. The monoisotopic (exact) mass is 353 g/mol. The number of ether oxygens (including phenoxy) is 1. The summed E-state index contributed by atoms with van der Waals surface area (Å²) in [6, 6.07) is 14.7. The highest BCUT2D eigenvalue weighted by Crippen LogP contribution is 2.24. The number of hydrogen-bond acceptors (Lipinski definition) is 3. The zero-order valence-corrected chi connectivity index (χ0v) is 14.7. The molecule has 0 heterocycles. The Kier molecular flexibility index (Phi) is 6.18. The number of benzene rings is 2. The minimum absolute atomic E-state index is 0.0619. The van der Waals surface area contributed by atoms with Gasteiger partial charge in [0.25, 0.3) is 0 Å². The van der Waals surface area contributed by atoms with Gasteiger partial charge in [-0.15, -0.1) is 0 Å². The number of halogens is 1. The molecule has 0 aliphatic heterocycles. The largest absolute Gasteiger partial charge is 0.375 e. The molecule has 2 aromatic rings. The molecule has 124 valence electrons. The first-order valence-corrected chi connectivity index (χ1v) is 9.24. The molecule has 2 aromatic carbocycles. The number of rotatable bonds is 7. The van der Waals surface area contributed by atoms with Gasteiger partial charge in [0.15, 0.2) is 0 Å². The van der Waals surface area contributed by atoms with Crippen LogP contribution >= 0.6 is 11.6 Å². The number of aryl methyl sites for hydroxylation is 1. The normalized spacial score (nSPS) is 13.0. The Morgan fingerprint density at radius 3 is 2.57 bits per heavy atom. The molecule has 0 bridgehead atoms. The molecule has 0 amide bonds. The van der Waals surface area contributed by atoms with Crippen molar-refractivity contribution < 1.29 is 13.2 Å². The van der Waals surface area contributed by atoms with E-state index >= 15 is 0 Å². The Balaban J connectivity index is 2.04. The van der Waals surface area contributed by atoms with E-state index in [1.807, 2.05) is 43.3 Å². The minimum atomic E-state index is -3.45. The number of hydrogen-bond donors (Lipinski definition) is 1. The Bertz CT molecular complexity index is 762. The Labute approximate surface area is 142 Å². The highest BCUT2D eigenvalue weighted by molar-refractivity contribution is 7.88. The SMILES string of the molecule is COC(CNS(=O)(=O)Cc1cccc(C)c1)c1ccccc1Cl. The summed E-state index contributed by atoms with van der Waals surface area (Å²) in [6.07, 6.45) is -0.434. The van der Waals surface area contributed by atoms with Gasteiger partial charge >= 0.3 is 0 Å². The van der Waals surface area contributed by atoms with Gasteiger partial charge in [0.2, 0.25) is 10.0 Å². The molecule has 1 N–H and O–H groups in total. The molecular weight excluding hydrogens is 334 g/mol. The summed E-state index contributed by atoms with van der Waals surface area (Å²) in [5, 5.41) is 0.553. The van der Waals surface area contributed by atoms with Crippen LogP contribution in [0.5, 0.6) is 0 Å². The second-order valence-corrected chi connectivity index (χ2v) is 7.56. The summed E-state index contributed by atoms with van der Waals surface area (Å²) in [5.74, 6) is -0.0619. The summed E-state index contributed by atoms with van der Waals surface area (Å²) in [5.41, 5.74) is 2.54. The molecule has 0 aliphatic carbocycles. The average Bonchev–Trinajstić information content (AvgIpc) is 2.49. The van der Waals surface area contributed by atoms with Crippen LogP contribution in [-0.4, -0.2) is 22.1 Å². The van der Waals surface area contributed by atoms with Crippen LogP contribution in [0.15, 0.2) is 48.5 Å². The van der Waals surface area contributed by atoms with E-state index in [-0.39, 0.29) is 12.3 Å². The van der Waals surface area contributed by atoms with Crippen molar-refractivity contribution in [3.05, 3.63) is 70.2 Å². The van der Waals surface area contributed by atoms with Crippen LogP contribution in [0.25, 0.3) is 0 Å². The molecule has 1 unspecified atom stereocenters. The van der Waals surface area contributed by atoms with Gasteiger partial charge in [0.1, 0.15) is 0 Å². The molecule has 0 aromatic heterocycles. The average molecular weight is 354 g/mol. The summed E-state index contributed by atoms with van der Waals surface area (Å²) in [7, 11) is -1.92. The van der Waals surface area contributed by atoms with E-state index < -0.39 is 16.1 Å². The predicted octanol–water partition coefficient (Wildman–Crippen LogP) is 3.46. The maximum Gasteiger partial charge on any atom is 0.215 e. The van der Waals surface area contributed by atoms with Crippen LogP contribution in [0.4, 0.5) is 0 Å². The maximum absolute atomic E-state index is 12.2. The van der Waals surface area contributed by atoms with E-state index in [4.69, 9.17) is 16.3 Å². The van der Waals surface area contributed by atoms with Crippen LogP contribution in [0.1, 0.15) is 22.8 Å². The van der Waals surface area contributed by atoms with Crippen LogP contribution in [0.3, 0.4) is 0 Å². The highest BCUT2D eigenvalue weighted by atomic mass is 35.5. The van der Waals surface area contributed by atoms with E-state index in [0.29, 0.717) is 5.02 Å². The molecule has 0 aliphatic rings. The van der Waals surface area contributed by atoms with Crippen molar-refractivity contribution in [3.8, 4) is 0 Å². The number of nitrogens with one attached hydrogen (secondary N) is 1. The lowest BCUT2D eigenvalue weighted by Gasteiger charge is -2.18. The van der Waals surface area contributed by atoms with Gasteiger partial charge in [-0.05, 0) is 18.6 Å². The van der Waals surface area contributed by atoms with Gasteiger partial charge in [0, 0.05) is 24.2 Å². The van der Waals surface area contributed by atoms with Crippen LogP contribution in [-0.2, 0) is 20.5 Å². The van der Waals surface area contributed by atoms with E-state index in [1.54, 1.807) is 12.1 Å². The Morgan fingerprint density at radius 1 is 1.17 bits per heavy atom. The van der Waals surface area contributed by atoms with Gasteiger partial charge in [-0.25, -0.2) is 13.1 Å². The zero-order chi connectivity index (χ0) is 16.9. The van der Waals surface area contributed by atoms with E-state index in [2.05, 4.69) is 4.72 Å². The van der Waals surface area contributed by atoms with Crippen molar-refractivity contribution in [1.29, 1.82) is 0 Å². The number of sulfonamides is 1. The molecule has 1 atom stereocenters. The van der Waals surface area contributed by atoms with Gasteiger partial charge in [-0.1, -0.05) is 59.6 Å². The molecule has 0 saturated heterocycles. The van der Waals surface area contributed by atoms with Crippen LogP contribution in [0.2, 0.25) is 5.02 Å². The first-order valence-electron chi connectivity index (χ1n) is 7.21. The van der Waals surface area contributed by atoms with Gasteiger partial charge in [-0.2, -0.15) is 0 Å². The first-order chi connectivity index (χ1) is 10.9.